The van der Waals surface area contributed by atoms with E-state index in [-0.39, 0.29) is 24.7 Å². The molecule has 8 nitrogen and oxygen atoms in total. The number of carbonyl (C=O) groups excluding carboxylic acids is 2. The van der Waals surface area contributed by atoms with Crippen LogP contribution in [0.4, 0.5) is 11.4 Å². The Labute approximate surface area is 199 Å². The molecule has 2 N–H and O–H groups in total. The quantitative estimate of drug-likeness (QED) is 0.674. The number of piperidine rings is 1. The Morgan fingerprint density at radius 3 is 2.62 bits per heavy atom. The van der Waals surface area contributed by atoms with Crippen LogP contribution >= 0.6 is 0 Å². The van der Waals surface area contributed by atoms with Gasteiger partial charge < -0.3 is 29.7 Å². The average molecular weight is 466 g/mol. The summed E-state index contributed by atoms with van der Waals surface area (Å²) in [5, 5.41) is 5.96. The molecule has 34 heavy (non-hydrogen) atoms. The number of benzene rings is 2. The van der Waals surface area contributed by atoms with E-state index in [4.69, 9.17) is 14.2 Å². The number of amides is 2. The first-order valence-corrected chi connectivity index (χ1v) is 12.1. The predicted molar refractivity (Wildman–Crippen MR) is 129 cm³/mol. The molecule has 5 rings (SSSR count). The van der Waals surface area contributed by atoms with Crippen molar-refractivity contribution in [3.05, 3.63) is 47.5 Å². The van der Waals surface area contributed by atoms with E-state index in [1.807, 2.05) is 12.1 Å². The topological polar surface area (TPSA) is 89.1 Å². The Kier molecular flexibility index (Phi) is 6.58. The van der Waals surface area contributed by atoms with Crippen molar-refractivity contribution < 1.29 is 23.8 Å². The second kappa shape index (κ2) is 9.93. The van der Waals surface area contributed by atoms with E-state index >= 15 is 0 Å². The Morgan fingerprint density at radius 2 is 1.82 bits per heavy atom. The standard InChI is InChI=1S/C26H31N3O5/c1-17-8-10-29(11-9-17)22-6-5-19(14-21(22)26(31)27-15-20-3-2-12-32-20)28-25(30)18-4-7-23-24(13-18)34-16-33-23/h4-7,13-14,17,20H,2-3,8-12,15-16H2,1H3,(H,27,31)(H,28,30). The zero-order chi connectivity index (χ0) is 23.5. The highest BCUT2D eigenvalue weighted by Gasteiger charge is 2.24. The molecule has 180 valence electrons. The number of nitrogens with zero attached hydrogens (tertiary/aromatic N) is 1. The third kappa shape index (κ3) is 4.97. The van der Waals surface area contributed by atoms with Crippen molar-refractivity contribution >= 4 is 23.2 Å². The van der Waals surface area contributed by atoms with Crippen molar-refractivity contribution in [1.29, 1.82) is 0 Å². The zero-order valence-electron chi connectivity index (χ0n) is 19.5. The normalized spacial score (nSPS) is 19.8. The summed E-state index contributed by atoms with van der Waals surface area (Å²) < 4.78 is 16.4. The molecule has 1 unspecified atom stereocenters. The van der Waals surface area contributed by atoms with Gasteiger partial charge in [-0.25, -0.2) is 0 Å². The molecule has 2 amide bonds. The maximum Gasteiger partial charge on any atom is 0.255 e. The van der Waals surface area contributed by atoms with Crippen LogP contribution in [0.5, 0.6) is 11.5 Å². The highest BCUT2D eigenvalue weighted by atomic mass is 16.7. The molecule has 0 radical (unpaired) electrons. The molecule has 0 bridgehead atoms. The maximum absolute atomic E-state index is 13.2. The lowest BCUT2D eigenvalue weighted by atomic mass is 9.97. The number of nitrogens with one attached hydrogen (secondary N) is 2. The maximum atomic E-state index is 13.2. The number of carbonyl (C=O) groups is 2. The molecule has 2 aromatic rings. The van der Waals surface area contributed by atoms with Gasteiger partial charge in [-0.15, -0.1) is 0 Å². The molecule has 0 aromatic heterocycles. The van der Waals surface area contributed by atoms with Crippen molar-refractivity contribution in [3.63, 3.8) is 0 Å². The van der Waals surface area contributed by atoms with Crippen molar-refractivity contribution in [1.82, 2.24) is 5.32 Å². The highest BCUT2D eigenvalue weighted by molar-refractivity contribution is 6.06. The van der Waals surface area contributed by atoms with Gasteiger partial charge in [0, 0.05) is 43.2 Å². The monoisotopic (exact) mass is 465 g/mol. The molecule has 0 saturated carbocycles. The van der Waals surface area contributed by atoms with E-state index in [1.165, 1.54) is 0 Å². The number of ether oxygens (including phenoxy) is 3. The van der Waals surface area contributed by atoms with Crippen LogP contribution in [0, 0.1) is 5.92 Å². The number of anilines is 2. The van der Waals surface area contributed by atoms with Gasteiger partial charge in [-0.2, -0.15) is 0 Å². The van der Waals surface area contributed by atoms with Gasteiger partial charge in [-0.05, 0) is 68.0 Å². The molecule has 3 aliphatic rings. The third-order valence-corrected chi connectivity index (χ3v) is 6.77. The Bertz CT molecular complexity index is 1060. The summed E-state index contributed by atoms with van der Waals surface area (Å²) in [4.78, 5) is 28.4. The molecule has 2 saturated heterocycles. The first-order chi connectivity index (χ1) is 16.6. The van der Waals surface area contributed by atoms with Crippen molar-refractivity contribution in [2.45, 2.75) is 38.7 Å². The summed E-state index contributed by atoms with van der Waals surface area (Å²) in [5.41, 5.74) is 2.50. The van der Waals surface area contributed by atoms with E-state index in [0.29, 0.717) is 40.8 Å². The number of hydrogen-bond acceptors (Lipinski definition) is 6. The van der Waals surface area contributed by atoms with Gasteiger partial charge in [0.25, 0.3) is 11.8 Å². The van der Waals surface area contributed by atoms with Crippen molar-refractivity contribution in [3.8, 4) is 11.5 Å². The lowest BCUT2D eigenvalue weighted by Crippen LogP contribution is -2.36. The van der Waals surface area contributed by atoms with Gasteiger partial charge in [0.05, 0.1) is 11.7 Å². The number of rotatable bonds is 6. The highest BCUT2D eigenvalue weighted by Crippen LogP contribution is 2.33. The molecule has 2 aromatic carbocycles. The van der Waals surface area contributed by atoms with E-state index < -0.39 is 0 Å². The molecule has 0 aliphatic carbocycles. The minimum Gasteiger partial charge on any atom is -0.454 e. The SMILES string of the molecule is CC1CCN(c2ccc(NC(=O)c3ccc4c(c3)OCO4)cc2C(=O)NCC2CCCO2)CC1. The fourth-order valence-electron chi connectivity index (χ4n) is 4.67. The fraction of sp³-hybridized carbons (Fsp3) is 0.462. The van der Waals surface area contributed by atoms with E-state index in [9.17, 15) is 9.59 Å². The van der Waals surface area contributed by atoms with Gasteiger partial charge >= 0.3 is 0 Å². The first-order valence-electron chi connectivity index (χ1n) is 12.1. The lowest BCUT2D eigenvalue weighted by Gasteiger charge is -2.33. The number of fused-ring (bicyclic) bond motifs is 1. The summed E-state index contributed by atoms with van der Waals surface area (Å²) in [6.07, 6.45) is 4.25. The molecular weight excluding hydrogens is 434 g/mol. The smallest absolute Gasteiger partial charge is 0.255 e. The van der Waals surface area contributed by atoms with Crippen molar-refractivity contribution in [2.24, 2.45) is 5.92 Å². The van der Waals surface area contributed by atoms with Crippen LogP contribution in [0.2, 0.25) is 0 Å². The third-order valence-electron chi connectivity index (χ3n) is 6.77. The molecule has 3 heterocycles. The second-order valence-corrected chi connectivity index (χ2v) is 9.27. The lowest BCUT2D eigenvalue weighted by molar-refractivity contribution is 0.0858. The van der Waals surface area contributed by atoms with Crippen LogP contribution < -0.4 is 25.0 Å². The zero-order valence-corrected chi connectivity index (χ0v) is 19.5. The average Bonchev–Trinajstić information content (AvgIpc) is 3.54. The van der Waals surface area contributed by atoms with E-state index in [1.54, 1.807) is 24.3 Å². The Hall–Kier alpha value is -3.26. The predicted octanol–water partition coefficient (Wildman–Crippen LogP) is 3.81. The molecule has 1 atom stereocenters. The number of hydrogen-bond donors (Lipinski definition) is 2. The molecule has 8 heteroatoms. The van der Waals surface area contributed by atoms with Crippen LogP contribution in [-0.4, -0.2) is 51.0 Å². The van der Waals surface area contributed by atoms with Crippen LogP contribution in [0.3, 0.4) is 0 Å². The van der Waals surface area contributed by atoms with E-state index in [0.717, 1.165) is 51.1 Å². The molecule has 0 spiro atoms. The summed E-state index contributed by atoms with van der Waals surface area (Å²) >= 11 is 0. The molecular formula is C26H31N3O5. The van der Waals surface area contributed by atoms with E-state index in [2.05, 4.69) is 22.5 Å². The Balaban J connectivity index is 1.35. The molecule has 2 fully saturated rings. The largest absolute Gasteiger partial charge is 0.454 e. The van der Waals surface area contributed by atoms with Crippen LogP contribution in [0.15, 0.2) is 36.4 Å². The summed E-state index contributed by atoms with van der Waals surface area (Å²) in [7, 11) is 0. The first kappa shape index (κ1) is 22.5. The van der Waals surface area contributed by atoms with Crippen LogP contribution in [0.25, 0.3) is 0 Å². The Morgan fingerprint density at radius 1 is 1.00 bits per heavy atom. The van der Waals surface area contributed by atoms with Gasteiger partial charge in [0.2, 0.25) is 6.79 Å². The minimum absolute atomic E-state index is 0.0668. The van der Waals surface area contributed by atoms with Gasteiger partial charge in [-0.3, -0.25) is 9.59 Å². The second-order valence-electron chi connectivity index (χ2n) is 9.27. The van der Waals surface area contributed by atoms with Crippen molar-refractivity contribution in [2.75, 3.05) is 43.3 Å². The summed E-state index contributed by atoms with van der Waals surface area (Å²) in [6, 6.07) is 10.6. The van der Waals surface area contributed by atoms with Crippen LogP contribution in [0.1, 0.15) is 53.3 Å². The fourth-order valence-corrected chi connectivity index (χ4v) is 4.67. The minimum atomic E-state index is -0.274. The summed E-state index contributed by atoms with van der Waals surface area (Å²) in [5.74, 6) is 1.44. The van der Waals surface area contributed by atoms with Gasteiger partial charge in [0.1, 0.15) is 0 Å². The summed E-state index contributed by atoms with van der Waals surface area (Å²) in [6.45, 7) is 5.48. The van der Waals surface area contributed by atoms with Gasteiger partial charge in [0.15, 0.2) is 11.5 Å². The van der Waals surface area contributed by atoms with Gasteiger partial charge in [-0.1, -0.05) is 6.92 Å². The van der Waals surface area contributed by atoms with Crippen LogP contribution in [-0.2, 0) is 4.74 Å². The molecule has 3 aliphatic heterocycles.